The second kappa shape index (κ2) is 7.38. The molecule has 0 aliphatic heterocycles. The predicted molar refractivity (Wildman–Crippen MR) is 84.8 cm³/mol. The minimum absolute atomic E-state index is 0.0722. The maximum Gasteiger partial charge on any atom is 0.261 e. The molecule has 0 radical (unpaired) electrons. The van der Waals surface area contributed by atoms with E-state index in [0.717, 1.165) is 0 Å². The highest BCUT2D eigenvalue weighted by Gasteiger charge is 2.18. The van der Waals surface area contributed by atoms with Crippen LogP contribution in [0.1, 0.15) is 28.4 Å². The number of rotatable bonds is 6. The Kier molecular flexibility index (Phi) is 6.37. The molecule has 0 bridgehead atoms. The van der Waals surface area contributed by atoms with Crippen LogP contribution in [0.3, 0.4) is 0 Å². The number of benzene rings is 1. The number of carbonyl (C=O) groups excluding carboxylic acids is 1. The van der Waals surface area contributed by atoms with Crippen LogP contribution < -0.4 is 5.32 Å². The van der Waals surface area contributed by atoms with Gasteiger partial charge in [-0.05, 0) is 31.0 Å². The zero-order valence-electron chi connectivity index (χ0n) is 12.1. The Morgan fingerprint density at radius 3 is 2.43 bits per heavy atom. The number of hydrogen-bond donors (Lipinski definition) is 1. The van der Waals surface area contributed by atoms with Crippen LogP contribution in [0.2, 0.25) is 0 Å². The molecule has 1 N–H and O–H groups in total. The first-order chi connectivity index (χ1) is 9.66. The van der Waals surface area contributed by atoms with Crippen LogP contribution in [0.5, 0.6) is 0 Å². The van der Waals surface area contributed by atoms with Crippen molar-refractivity contribution in [2.45, 2.75) is 25.7 Å². The fraction of sp³-hybridized carbons (Fsp3) is 0.462. The highest BCUT2D eigenvalue weighted by molar-refractivity contribution is 8.13. The third kappa shape index (κ3) is 5.09. The maximum absolute atomic E-state index is 12.1. The van der Waals surface area contributed by atoms with E-state index < -0.39 is 25.8 Å². The van der Waals surface area contributed by atoms with Crippen LogP contribution in [-0.2, 0) is 19.9 Å². The molecule has 1 aromatic rings. The van der Waals surface area contributed by atoms with Gasteiger partial charge in [-0.3, -0.25) is 9.00 Å². The molecule has 0 aromatic heterocycles. The van der Waals surface area contributed by atoms with E-state index in [1.807, 2.05) is 0 Å². The van der Waals surface area contributed by atoms with E-state index in [9.17, 15) is 17.4 Å². The van der Waals surface area contributed by atoms with Crippen molar-refractivity contribution in [3.63, 3.8) is 0 Å². The van der Waals surface area contributed by atoms with Gasteiger partial charge in [0.1, 0.15) is 0 Å². The third-order valence-electron chi connectivity index (χ3n) is 2.97. The molecule has 1 amide bonds. The van der Waals surface area contributed by atoms with Gasteiger partial charge in [-0.2, -0.15) is 0 Å². The molecule has 0 spiro atoms. The minimum Gasteiger partial charge on any atom is -0.351 e. The topological polar surface area (TPSA) is 80.3 Å². The van der Waals surface area contributed by atoms with E-state index in [-0.39, 0.29) is 17.0 Å². The average molecular weight is 352 g/mol. The predicted octanol–water partition coefficient (Wildman–Crippen LogP) is 1.73. The van der Waals surface area contributed by atoms with E-state index in [1.165, 1.54) is 6.07 Å². The lowest BCUT2D eigenvalue weighted by Crippen LogP contribution is -2.28. The molecule has 1 rings (SSSR count). The smallest absolute Gasteiger partial charge is 0.261 e. The lowest BCUT2D eigenvalue weighted by molar-refractivity contribution is 0.0955. The van der Waals surface area contributed by atoms with Crippen molar-refractivity contribution in [3.8, 4) is 0 Å². The highest BCUT2D eigenvalue weighted by Crippen LogP contribution is 2.23. The minimum atomic E-state index is -3.90. The fourth-order valence-corrected chi connectivity index (χ4v) is 3.68. The van der Waals surface area contributed by atoms with Crippen LogP contribution in [0.15, 0.2) is 17.0 Å². The highest BCUT2D eigenvalue weighted by atomic mass is 35.7. The van der Waals surface area contributed by atoms with Gasteiger partial charge in [-0.1, -0.05) is 13.0 Å². The van der Waals surface area contributed by atoms with Gasteiger partial charge in [0.15, 0.2) is 0 Å². The summed E-state index contributed by atoms with van der Waals surface area (Å²) >= 11 is 0. The normalized spacial score (nSPS) is 13.0. The molecule has 8 heteroatoms. The summed E-state index contributed by atoms with van der Waals surface area (Å²) in [6.07, 6.45) is 0. The number of carbonyl (C=O) groups is 1. The van der Waals surface area contributed by atoms with Gasteiger partial charge in [-0.15, -0.1) is 0 Å². The number of hydrogen-bond acceptors (Lipinski definition) is 4. The fourth-order valence-electron chi connectivity index (χ4n) is 1.86. The standard InChI is InChI=1S/C13H18ClNO4S2/c1-4-20(17)6-5-15-13(16)11-8-12(21(14,18)19)10(3)7-9(11)2/h7-8H,4-6H2,1-3H3,(H,15,16). The SMILES string of the molecule is CCS(=O)CCNC(=O)c1cc(S(=O)(=O)Cl)c(C)cc1C. The summed E-state index contributed by atoms with van der Waals surface area (Å²) in [7, 11) is 0.498. The second-order valence-corrected chi connectivity index (χ2v) is 8.96. The Bertz CT molecular complexity index is 671. The molecule has 1 aromatic carbocycles. The van der Waals surface area contributed by atoms with E-state index in [2.05, 4.69) is 5.32 Å². The van der Waals surface area contributed by atoms with E-state index in [4.69, 9.17) is 10.7 Å². The van der Waals surface area contributed by atoms with Gasteiger partial charge in [0.25, 0.3) is 15.0 Å². The monoisotopic (exact) mass is 351 g/mol. The molecule has 5 nitrogen and oxygen atoms in total. The Hall–Kier alpha value is -0.920. The molecule has 0 fully saturated rings. The molecule has 0 saturated heterocycles. The quantitative estimate of drug-likeness (QED) is 0.791. The molecular weight excluding hydrogens is 334 g/mol. The van der Waals surface area contributed by atoms with Crippen LogP contribution in [0, 0.1) is 13.8 Å². The first-order valence-electron chi connectivity index (χ1n) is 6.36. The van der Waals surface area contributed by atoms with Gasteiger partial charge >= 0.3 is 0 Å². The number of halogens is 1. The molecule has 0 aliphatic rings. The number of nitrogens with one attached hydrogen (secondary N) is 1. The molecule has 1 unspecified atom stereocenters. The summed E-state index contributed by atoms with van der Waals surface area (Å²) in [5.74, 6) is 0.504. The van der Waals surface area contributed by atoms with Crippen molar-refractivity contribution in [1.29, 1.82) is 0 Å². The molecule has 0 saturated carbocycles. The molecule has 118 valence electrons. The van der Waals surface area contributed by atoms with E-state index in [0.29, 0.717) is 22.6 Å². The Morgan fingerprint density at radius 2 is 1.90 bits per heavy atom. The summed E-state index contributed by atoms with van der Waals surface area (Å²) < 4.78 is 34.2. The van der Waals surface area contributed by atoms with Crippen molar-refractivity contribution in [2.24, 2.45) is 0 Å². The number of amides is 1. The average Bonchev–Trinajstić information content (AvgIpc) is 2.36. The first-order valence-corrected chi connectivity index (χ1v) is 10.2. The number of aryl methyl sites for hydroxylation is 2. The Balaban J connectivity index is 2.97. The third-order valence-corrected chi connectivity index (χ3v) is 5.73. The largest absolute Gasteiger partial charge is 0.351 e. The maximum atomic E-state index is 12.1. The van der Waals surface area contributed by atoms with Gasteiger partial charge in [0, 0.05) is 45.1 Å². The molecule has 1 atom stereocenters. The second-order valence-electron chi connectivity index (χ2n) is 4.56. The van der Waals surface area contributed by atoms with E-state index in [1.54, 1.807) is 26.8 Å². The molecule has 0 heterocycles. The van der Waals surface area contributed by atoms with E-state index >= 15 is 0 Å². The van der Waals surface area contributed by atoms with Gasteiger partial charge in [-0.25, -0.2) is 8.42 Å². The summed E-state index contributed by atoms with van der Waals surface area (Å²) in [6, 6.07) is 2.88. The summed E-state index contributed by atoms with van der Waals surface area (Å²) in [5.41, 5.74) is 1.40. The summed E-state index contributed by atoms with van der Waals surface area (Å²) in [5, 5.41) is 2.63. The first kappa shape index (κ1) is 18.1. The van der Waals surface area contributed by atoms with Crippen molar-refractivity contribution in [1.82, 2.24) is 5.32 Å². The molecular formula is C13H18ClNO4S2. The van der Waals surface area contributed by atoms with Crippen LogP contribution in [-0.4, -0.2) is 36.6 Å². The van der Waals surface area contributed by atoms with Gasteiger partial charge in [0.05, 0.1) is 4.90 Å². The summed E-state index contributed by atoms with van der Waals surface area (Å²) in [4.78, 5) is 12.0. The van der Waals surface area contributed by atoms with Crippen LogP contribution >= 0.6 is 10.7 Å². The molecule has 21 heavy (non-hydrogen) atoms. The summed E-state index contributed by atoms with van der Waals surface area (Å²) in [6.45, 7) is 5.42. The zero-order chi connectivity index (χ0) is 16.2. The van der Waals surface area contributed by atoms with Gasteiger partial charge in [0.2, 0.25) is 0 Å². The molecule has 0 aliphatic carbocycles. The Labute approximate surface area is 132 Å². The lowest BCUT2D eigenvalue weighted by atomic mass is 10.1. The van der Waals surface area contributed by atoms with Crippen LogP contribution in [0.4, 0.5) is 0 Å². The van der Waals surface area contributed by atoms with Gasteiger partial charge < -0.3 is 5.32 Å². The zero-order valence-corrected chi connectivity index (χ0v) is 14.5. The van der Waals surface area contributed by atoms with Crippen molar-refractivity contribution in [2.75, 3.05) is 18.1 Å². The van der Waals surface area contributed by atoms with Crippen LogP contribution in [0.25, 0.3) is 0 Å². The van der Waals surface area contributed by atoms with Crippen molar-refractivity contribution >= 4 is 36.4 Å². The van der Waals surface area contributed by atoms with Crippen molar-refractivity contribution < 1.29 is 17.4 Å². The Morgan fingerprint density at radius 1 is 1.29 bits per heavy atom. The van der Waals surface area contributed by atoms with Crippen molar-refractivity contribution in [3.05, 3.63) is 28.8 Å². The lowest BCUT2D eigenvalue weighted by Gasteiger charge is -2.11.